The van der Waals surface area contributed by atoms with E-state index in [-0.39, 0.29) is 5.91 Å². The topological polar surface area (TPSA) is 64.8 Å². The van der Waals surface area contributed by atoms with Crippen LogP contribution in [0.3, 0.4) is 0 Å². The Morgan fingerprint density at radius 1 is 1.04 bits per heavy atom. The first-order valence-corrected chi connectivity index (χ1v) is 7.47. The third-order valence-corrected chi connectivity index (χ3v) is 3.93. The van der Waals surface area contributed by atoms with E-state index >= 15 is 0 Å². The fourth-order valence-electron chi connectivity index (χ4n) is 2.77. The zero-order valence-electron chi connectivity index (χ0n) is 12.7. The van der Waals surface area contributed by atoms with Gasteiger partial charge in [-0.2, -0.15) is 0 Å². The monoisotopic (exact) mass is 304 g/mol. The molecule has 0 saturated heterocycles. The van der Waals surface area contributed by atoms with Crippen molar-refractivity contribution in [3.05, 3.63) is 66.1 Å². The number of imidazole rings is 1. The molecule has 5 heteroatoms. The standard InChI is InChI=1S/C18H16N4O/c1-22(11-17-20-14-8-4-5-9-15(14)21-17)18(23)16-10-12-6-2-3-7-13(12)19-16/h2-10,19H,11H2,1H3,(H,20,21). The molecule has 0 unspecified atom stereocenters. The molecule has 5 nitrogen and oxygen atoms in total. The van der Waals surface area contributed by atoms with E-state index in [1.165, 1.54) is 0 Å². The van der Waals surface area contributed by atoms with Crippen molar-refractivity contribution in [2.45, 2.75) is 6.54 Å². The molecule has 0 aliphatic carbocycles. The van der Waals surface area contributed by atoms with Gasteiger partial charge in [0.05, 0.1) is 17.6 Å². The molecular weight excluding hydrogens is 288 g/mol. The molecule has 0 fully saturated rings. The Labute approximate surface area is 133 Å². The highest BCUT2D eigenvalue weighted by atomic mass is 16.2. The molecule has 0 atom stereocenters. The predicted molar refractivity (Wildman–Crippen MR) is 90.2 cm³/mol. The van der Waals surface area contributed by atoms with Gasteiger partial charge < -0.3 is 14.9 Å². The number of nitrogens with one attached hydrogen (secondary N) is 2. The van der Waals surface area contributed by atoms with Crippen LogP contribution in [0.15, 0.2) is 54.6 Å². The molecule has 0 aliphatic heterocycles. The second kappa shape index (κ2) is 5.28. The smallest absolute Gasteiger partial charge is 0.270 e. The number of carbonyl (C=O) groups excluding carboxylic acids is 1. The molecule has 0 saturated carbocycles. The molecule has 2 heterocycles. The van der Waals surface area contributed by atoms with Gasteiger partial charge in [-0.15, -0.1) is 0 Å². The van der Waals surface area contributed by atoms with Gasteiger partial charge in [-0.25, -0.2) is 4.98 Å². The largest absolute Gasteiger partial charge is 0.351 e. The summed E-state index contributed by atoms with van der Waals surface area (Å²) in [6.45, 7) is 0.433. The number of aromatic amines is 2. The second-order valence-electron chi connectivity index (χ2n) is 5.63. The maximum absolute atomic E-state index is 12.6. The van der Waals surface area contributed by atoms with Crippen LogP contribution in [0, 0.1) is 0 Å². The SMILES string of the molecule is CN(Cc1nc2ccccc2[nH]1)C(=O)c1cc2ccccc2[nH]1. The normalized spacial score (nSPS) is 11.2. The minimum Gasteiger partial charge on any atom is -0.351 e. The molecule has 0 spiro atoms. The molecule has 4 aromatic rings. The third kappa shape index (κ3) is 2.46. The fourth-order valence-corrected chi connectivity index (χ4v) is 2.77. The fraction of sp³-hybridized carbons (Fsp3) is 0.111. The molecule has 0 radical (unpaired) electrons. The van der Waals surface area contributed by atoms with Crippen LogP contribution in [0.5, 0.6) is 0 Å². The summed E-state index contributed by atoms with van der Waals surface area (Å²) in [5, 5.41) is 1.04. The maximum atomic E-state index is 12.6. The van der Waals surface area contributed by atoms with Crippen LogP contribution < -0.4 is 0 Å². The minimum absolute atomic E-state index is 0.0540. The molecule has 2 aromatic carbocycles. The molecule has 2 aromatic heterocycles. The number of hydrogen-bond donors (Lipinski definition) is 2. The van der Waals surface area contributed by atoms with Gasteiger partial charge in [0.1, 0.15) is 11.5 Å². The van der Waals surface area contributed by atoms with E-state index < -0.39 is 0 Å². The van der Waals surface area contributed by atoms with Crippen LogP contribution in [0.4, 0.5) is 0 Å². The minimum atomic E-state index is -0.0540. The average molecular weight is 304 g/mol. The van der Waals surface area contributed by atoms with Crippen molar-refractivity contribution >= 4 is 27.8 Å². The molecule has 114 valence electrons. The second-order valence-corrected chi connectivity index (χ2v) is 5.63. The van der Waals surface area contributed by atoms with E-state index in [0.29, 0.717) is 12.2 Å². The quantitative estimate of drug-likeness (QED) is 0.610. The Balaban J connectivity index is 1.57. The number of nitrogens with zero attached hydrogens (tertiary/aromatic N) is 2. The van der Waals surface area contributed by atoms with E-state index in [1.807, 2.05) is 54.6 Å². The van der Waals surface area contributed by atoms with Crippen LogP contribution >= 0.6 is 0 Å². The van der Waals surface area contributed by atoms with Crippen molar-refractivity contribution in [2.24, 2.45) is 0 Å². The number of aromatic nitrogens is 3. The zero-order chi connectivity index (χ0) is 15.8. The van der Waals surface area contributed by atoms with E-state index in [4.69, 9.17) is 0 Å². The molecule has 1 amide bonds. The van der Waals surface area contributed by atoms with Crippen LogP contribution in [0.2, 0.25) is 0 Å². The Morgan fingerprint density at radius 2 is 1.78 bits per heavy atom. The molecule has 4 rings (SSSR count). The Bertz CT molecular complexity index is 932. The van der Waals surface area contributed by atoms with E-state index in [0.717, 1.165) is 27.8 Å². The van der Waals surface area contributed by atoms with Crippen molar-refractivity contribution < 1.29 is 4.79 Å². The van der Waals surface area contributed by atoms with Gasteiger partial charge in [-0.1, -0.05) is 30.3 Å². The van der Waals surface area contributed by atoms with E-state index in [1.54, 1.807) is 11.9 Å². The lowest BCUT2D eigenvalue weighted by Crippen LogP contribution is -2.26. The van der Waals surface area contributed by atoms with Gasteiger partial charge in [0, 0.05) is 18.0 Å². The van der Waals surface area contributed by atoms with Crippen LogP contribution in [0.1, 0.15) is 16.3 Å². The average Bonchev–Trinajstić information content (AvgIpc) is 3.16. The summed E-state index contributed by atoms with van der Waals surface area (Å²) in [7, 11) is 1.78. The third-order valence-electron chi connectivity index (χ3n) is 3.93. The zero-order valence-corrected chi connectivity index (χ0v) is 12.7. The number of carbonyl (C=O) groups is 1. The lowest BCUT2D eigenvalue weighted by molar-refractivity contribution is 0.0777. The van der Waals surface area contributed by atoms with Crippen molar-refractivity contribution in [1.82, 2.24) is 19.9 Å². The number of H-pyrrole nitrogens is 2. The number of fused-ring (bicyclic) bond motifs is 2. The van der Waals surface area contributed by atoms with Gasteiger partial charge in [-0.05, 0) is 24.3 Å². The first-order chi connectivity index (χ1) is 11.2. The maximum Gasteiger partial charge on any atom is 0.270 e. The van der Waals surface area contributed by atoms with Gasteiger partial charge in [0.15, 0.2) is 0 Å². The number of rotatable bonds is 3. The summed E-state index contributed by atoms with van der Waals surface area (Å²) in [5.41, 5.74) is 3.45. The van der Waals surface area contributed by atoms with Crippen molar-refractivity contribution in [1.29, 1.82) is 0 Å². The predicted octanol–water partition coefficient (Wildman–Crippen LogP) is 3.32. The number of para-hydroxylation sites is 3. The highest BCUT2D eigenvalue weighted by Gasteiger charge is 2.16. The summed E-state index contributed by atoms with van der Waals surface area (Å²) in [6.07, 6.45) is 0. The Kier molecular flexibility index (Phi) is 3.12. The Hall–Kier alpha value is -3.08. The van der Waals surface area contributed by atoms with Crippen LogP contribution in [0.25, 0.3) is 21.9 Å². The van der Waals surface area contributed by atoms with Gasteiger partial charge in [0.25, 0.3) is 5.91 Å². The lowest BCUT2D eigenvalue weighted by atomic mass is 10.2. The van der Waals surface area contributed by atoms with Gasteiger partial charge in [0.2, 0.25) is 0 Å². The first kappa shape index (κ1) is 13.6. The number of amides is 1. The molecule has 2 N–H and O–H groups in total. The molecular formula is C18H16N4O. The van der Waals surface area contributed by atoms with E-state index in [2.05, 4.69) is 15.0 Å². The van der Waals surface area contributed by atoms with Crippen LogP contribution in [-0.2, 0) is 6.54 Å². The number of hydrogen-bond acceptors (Lipinski definition) is 2. The Morgan fingerprint density at radius 3 is 2.57 bits per heavy atom. The first-order valence-electron chi connectivity index (χ1n) is 7.47. The van der Waals surface area contributed by atoms with Crippen LogP contribution in [-0.4, -0.2) is 32.8 Å². The van der Waals surface area contributed by atoms with Crippen molar-refractivity contribution in [3.8, 4) is 0 Å². The summed E-state index contributed by atoms with van der Waals surface area (Å²) >= 11 is 0. The molecule has 0 aliphatic rings. The molecule has 0 bridgehead atoms. The van der Waals surface area contributed by atoms with Gasteiger partial charge in [-0.3, -0.25) is 4.79 Å². The highest BCUT2D eigenvalue weighted by molar-refractivity contribution is 5.97. The van der Waals surface area contributed by atoms with E-state index in [9.17, 15) is 4.79 Å². The summed E-state index contributed by atoms with van der Waals surface area (Å²) in [5.74, 6) is 0.722. The number of benzene rings is 2. The summed E-state index contributed by atoms with van der Waals surface area (Å²) < 4.78 is 0. The summed E-state index contributed by atoms with van der Waals surface area (Å²) in [6, 6.07) is 17.6. The highest BCUT2D eigenvalue weighted by Crippen LogP contribution is 2.17. The lowest BCUT2D eigenvalue weighted by Gasteiger charge is -2.14. The summed E-state index contributed by atoms with van der Waals surface area (Å²) in [4.78, 5) is 25.2. The molecule has 23 heavy (non-hydrogen) atoms. The van der Waals surface area contributed by atoms with Crippen molar-refractivity contribution in [2.75, 3.05) is 7.05 Å². The van der Waals surface area contributed by atoms with Crippen molar-refractivity contribution in [3.63, 3.8) is 0 Å². The van der Waals surface area contributed by atoms with Gasteiger partial charge >= 0.3 is 0 Å².